The minimum absolute atomic E-state index is 0. The van der Waals surface area contributed by atoms with Crippen molar-refractivity contribution < 1.29 is 108 Å². The second-order valence-corrected chi connectivity index (χ2v) is 0.957. The maximum absolute atomic E-state index is 9.35. The summed E-state index contributed by atoms with van der Waals surface area (Å²) < 4.78 is 0. The third-order valence-corrected chi connectivity index (χ3v) is 0.354. The maximum atomic E-state index is 9.35. The molecule has 5 heteroatoms. The summed E-state index contributed by atoms with van der Waals surface area (Å²) in [6.45, 7) is 1.43. The van der Waals surface area contributed by atoms with Crippen molar-refractivity contribution in [3.63, 3.8) is 0 Å². The predicted molar refractivity (Wildman–Crippen MR) is 20.6 cm³/mol. The Kier molecular flexibility index (Phi) is 42.5. The Morgan fingerprint density at radius 3 is 1.22 bits per heavy atom. The van der Waals surface area contributed by atoms with E-state index in [0.717, 1.165) is 0 Å². The van der Waals surface area contributed by atoms with E-state index in [2.05, 4.69) is 0 Å². The molecule has 3 radical (unpaired) electrons. The molecule has 0 aromatic carbocycles. The molecule has 0 aliphatic heterocycles. The van der Waals surface area contributed by atoms with Crippen LogP contribution in [0.25, 0.3) is 0 Å². The van der Waals surface area contributed by atoms with Crippen molar-refractivity contribution in [2.24, 2.45) is 5.92 Å². The summed E-state index contributed by atoms with van der Waals surface area (Å²) in [5, 5.41) is 0. The molecule has 43 valence electrons. The summed E-state index contributed by atoms with van der Waals surface area (Å²) in [5.41, 5.74) is 0. The number of hydrogen-bond donors (Lipinski definition) is 0. The average Bonchev–Trinajstić information content (AvgIpc) is 1.65. The summed E-state index contributed by atoms with van der Waals surface area (Å²) >= 11 is 0. The fourth-order valence-electron chi connectivity index (χ4n) is 0.0241. The van der Waals surface area contributed by atoms with Crippen molar-refractivity contribution in [3.8, 4) is 0 Å². The first-order valence-corrected chi connectivity index (χ1v) is 1.56. The van der Waals surface area contributed by atoms with E-state index in [4.69, 9.17) is 0 Å². The van der Waals surface area contributed by atoms with Crippen LogP contribution >= 0.6 is 0 Å². The molecule has 0 spiro atoms. The fraction of sp³-hybridized carbons (Fsp3) is 0.500. The summed E-state index contributed by atoms with van der Waals surface area (Å²) in [6.07, 6.45) is 2.88. The van der Waals surface area contributed by atoms with Crippen molar-refractivity contribution >= 4 is 12.6 Å². The van der Waals surface area contributed by atoms with Crippen molar-refractivity contribution in [2.45, 2.75) is 6.92 Å². The van der Waals surface area contributed by atoms with Gasteiger partial charge in [-0.15, -0.1) is 6.92 Å². The Morgan fingerprint density at radius 2 is 1.22 bits per heavy atom. The minimum atomic E-state index is -0.676. The first-order chi connectivity index (χ1) is 2.81. The monoisotopic (exact) mass is 351 g/mol. The Bertz CT molecular complexity index is 58.8. The Labute approximate surface area is 130 Å². The van der Waals surface area contributed by atoms with Gasteiger partial charge in [-0.05, 0) is 0 Å². The topological polar surface area (TPSA) is 34.1 Å². The first kappa shape index (κ1) is 22.6. The average molecular weight is 351 g/mol. The standard InChI is InChI=1S/C4H4O2.3Y/c1-4(2-5)3-6;;;/h4H,1H3;;;/q-2;;;. The number of rotatable bonds is 2. The van der Waals surface area contributed by atoms with Crippen LogP contribution in [0.3, 0.4) is 0 Å². The molecule has 0 N–H and O–H groups in total. The fourth-order valence-corrected chi connectivity index (χ4v) is 0.0241. The number of hydrogen-bond acceptors (Lipinski definition) is 2. The molecule has 0 rings (SSSR count). The normalized spacial score (nSPS) is 5.56. The molecule has 9 heavy (non-hydrogen) atoms. The van der Waals surface area contributed by atoms with E-state index in [-0.39, 0.29) is 98.1 Å². The molecule has 0 aromatic rings. The van der Waals surface area contributed by atoms with E-state index in [9.17, 15) is 9.59 Å². The SMILES string of the molecule is CC([C-]=O)[C-]=O.[Y].[Y].[Y]. The predicted octanol–water partition coefficient (Wildman–Crippen LogP) is -0.166. The van der Waals surface area contributed by atoms with Crippen molar-refractivity contribution in [1.82, 2.24) is 0 Å². The smallest absolute Gasteiger partial charge is 0 e. The van der Waals surface area contributed by atoms with Gasteiger partial charge in [0.05, 0.1) is 0 Å². The van der Waals surface area contributed by atoms with E-state index in [1.54, 1.807) is 0 Å². The Hall–Kier alpha value is 2.65. The molecule has 0 aliphatic carbocycles. The minimum Gasteiger partial charge on any atom is -0.544 e. The molecule has 0 aromatic heterocycles. The zero-order valence-electron chi connectivity index (χ0n) is 5.13. The summed E-state index contributed by atoms with van der Waals surface area (Å²) in [7, 11) is 0. The van der Waals surface area contributed by atoms with Gasteiger partial charge in [-0.1, -0.05) is 0 Å². The molecule has 0 saturated carbocycles. The third-order valence-electron chi connectivity index (χ3n) is 0.354. The van der Waals surface area contributed by atoms with Gasteiger partial charge in [-0.25, -0.2) is 5.92 Å². The molecular formula is C4H4O2Y3-2. The van der Waals surface area contributed by atoms with Gasteiger partial charge in [0.1, 0.15) is 0 Å². The van der Waals surface area contributed by atoms with E-state index < -0.39 is 5.92 Å². The molecule has 0 fully saturated rings. The van der Waals surface area contributed by atoms with Gasteiger partial charge in [0.15, 0.2) is 0 Å². The molecule has 0 atom stereocenters. The van der Waals surface area contributed by atoms with Crippen LogP contribution in [0.1, 0.15) is 6.92 Å². The Morgan fingerprint density at radius 1 is 1.00 bits per heavy atom. The van der Waals surface area contributed by atoms with Crippen LogP contribution < -0.4 is 0 Å². The van der Waals surface area contributed by atoms with Gasteiger partial charge in [-0.3, -0.25) is 12.6 Å². The van der Waals surface area contributed by atoms with Gasteiger partial charge >= 0.3 is 0 Å². The van der Waals surface area contributed by atoms with Crippen molar-refractivity contribution in [2.75, 3.05) is 0 Å². The molecule has 0 bridgehead atoms. The first-order valence-electron chi connectivity index (χ1n) is 1.56. The number of carbonyl (C=O) groups excluding carboxylic acids is 2. The van der Waals surface area contributed by atoms with Crippen LogP contribution in [0.15, 0.2) is 0 Å². The van der Waals surface area contributed by atoms with Gasteiger partial charge in [-0.2, -0.15) is 0 Å². The molecule has 0 aliphatic rings. The summed E-state index contributed by atoms with van der Waals surface area (Å²) in [6, 6.07) is 0. The van der Waals surface area contributed by atoms with Crippen LogP contribution in [0.2, 0.25) is 0 Å². The van der Waals surface area contributed by atoms with Crippen LogP contribution in [-0.4, -0.2) is 12.6 Å². The van der Waals surface area contributed by atoms with Crippen LogP contribution in [0.5, 0.6) is 0 Å². The molecule has 0 amide bonds. The van der Waals surface area contributed by atoms with Gasteiger partial charge in [0.25, 0.3) is 0 Å². The van der Waals surface area contributed by atoms with Crippen molar-refractivity contribution in [3.05, 3.63) is 0 Å². The van der Waals surface area contributed by atoms with Crippen LogP contribution in [0, 0.1) is 5.92 Å². The van der Waals surface area contributed by atoms with Gasteiger partial charge in [0.2, 0.25) is 0 Å². The summed E-state index contributed by atoms with van der Waals surface area (Å²) in [4.78, 5) is 18.7. The van der Waals surface area contributed by atoms with Gasteiger partial charge in [0, 0.05) is 98.1 Å². The van der Waals surface area contributed by atoms with E-state index in [1.807, 2.05) is 0 Å². The van der Waals surface area contributed by atoms with Gasteiger partial charge < -0.3 is 9.59 Å². The third kappa shape index (κ3) is 18.0. The molecular weight excluding hydrogens is 347 g/mol. The molecule has 0 heterocycles. The quantitative estimate of drug-likeness (QED) is 0.512. The maximum Gasteiger partial charge on any atom is 0 e. The van der Waals surface area contributed by atoms with E-state index in [1.165, 1.54) is 19.5 Å². The van der Waals surface area contributed by atoms with Crippen molar-refractivity contribution in [1.29, 1.82) is 0 Å². The zero-order valence-corrected chi connectivity index (χ0v) is 13.6. The second-order valence-electron chi connectivity index (χ2n) is 0.957. The summed E-state index contributed by atoms with van der Waals surface area (Å²) in [5.74, 6) is -0.676. The van der Waals surface area contributed by atoms with E-state index in [0.29, 0.717) is 0 Å². The molecule has 0 saturated heterocycles. The van der Waals surface area contributed by atoms with E-state index >= 15 is 0 Å². The van der Waals surface area contributed by atoms with Crippen LogP contribution in [-0.2, 0) is 108 Å². The molecule has 2 nitrogen and oxygen atoms in total. The second kappa shape index (κ2) is 16.9. The largest absolute Gasteiger partial charge is 0.544 e. The Balaban J connectivity index is -0.0000000417. The molecule has 0 unspecified atom stereocenters. The zero-order chi connectivity index (χ0) is 4.99. The van der Waals surface area contributed by atoms with Crippen LogP contribution in [0.4, 0.5) is 0 Å².